The van der Waals surface area contributed by atoms with Crippen molar-refractivity contribution in [3.05, 3.63) is 0 Å². The lowest BCUT2D eigenvalue weighted by atomic mass is 10.1. The Kier molecular flexibility index (Phi) is 7.13. The van der Waals surface area contributed by atoms with Crippen molar-refractivity contribution in [3.63, 3.8) is 0 Å². The molecule has 0 aromatic carbocycles. The summed E-state index contributed by atoms with van der Waals surface area (Å²) in [5.74, 6) is -0.243. The van der Waals surface area contributed by atoms with Crippen LogP contribution in [0.5, 0.6) is 0 Å². The summed E-state index contributed by atoms with van der Waals surface area (Å²) in [6.45, 7) is 4.45. The number of hydrogen-bond donors (Lipinski definition) is 1. The van der Waals surface area contributed by atoms with Crippen molar-refractivity contribution < 1.29 is 17.9 Å². The smallest absolute Gasteiger partial charge is 0.0945 e. The molecule has 0 bridgehead atoms. The molecule has 0 saturated carbocycles. The molecule has 1 aliphatic rings. The van der Waals surface area contributed by atoms with E-state index in [0.29, 0.717) is 6.42 Å². The van der Waals surface area contributed by atoms with Crippen molar-refractivity contribution in [2.45, 2.75) is 32.6 Å². The van der Waals surface area contributed by atoms with Gasteiger partial charge in [0, 0.05) is 5.75 Å². The van der Waals surface area contributed by atoms with Crippen LogP contribution in [0.15, 0.2) is 0 Å². The van der Waals surface area contributed by atoms with Crippen LogP contribution in [0.4, 0.5) is 0 Å². The lowest BCUT2D eigenvalue weighted by Crippen LogP contribution is -3.09. The second kappa shape index (κ2) is 7.20. The number of nitrogens with one attached hydrogen (secondary N) is 1. The van der Waals surface area contributed by atoms with Gasteiger partial charge in [-0.15, -0.1) is 0 Å². The summed E-state index contributed by atoms with van der Waals surface area (Å²) in [5, 5.41) is 0. The molecule has 1 N–H and O–H groups in total. The zero-order chi connectivity index (χ0) is 11.0. The third-order valence-corrected chi connectivity index (χ3v) is 3.07. The second-order valence-electron chi connectivity index (χ2n) is 3.78. The minimum Gasteiger partial charge on any atom is -0.748 e. The maximum atomic E-state index is 9.68. The maximum Gasteiger partial charge on any atom is 0.0945 e. The molecule has 0 aromatic heterocycles. The standard InChI is InChI=1S/C6H13N.C3H8O3S/c1-7-5-3-2-4-6-7;1-2-3-7(4,5)6/h2-6H2,1H3;2-3H2,1H3,(H,4,5,6). The van der Waals surface area contributed by atoms with Crippen molar-refractivity contribution >= 4 is 10.1 Å². The number of hydrogen-bond acceptors (Lipinski definition) is 3. The number of likely N-dealkylation sites (tertiary alicyclic amines) is 1. The summed E-state index contributed by atoms with van der Waals surface area (Å²) in [7, 11) is -1.65. The molecule has 14 heavy (non-hydrogen) atoms. The first-order valence-electron chi connectivity index (χ1n) is 5.20. The van der Waals surface area contributed by atoms with E-state index in [-0.39, 0.29) is 5.75 Å². The van der Waals surface area contributed by atoms with Crippen LogP contribution in [-0.4, -0.2) is 38.9 Å². The van der Waals surface area contributed by atoms with Gasteiger partial charge in [-0.3, -0.25) is 0 Å². The predicted molar refractivity (Wildman–Crippen MR) is 55.3 cm³/mol. The van der Waals surface area contributed by atoms with Gasteiger partial charge in [0.1, 0.15) is 0 Å². The van der Waals surface area contributed by atoms with Gasteiger partial charge in [-0.2, -0.15) is 0 Å². The average Bonchev–Trinajstić information content (AvgIpc) is 2.04. The van der Waals surface area contributed by atoms with E-state index in [1.54, 1.807) is 11.8 Å². The summed E-state index contributed by atoms with van der Waals surface area (Å²) in [5.41, 5.74) is 0. The minimum absolute atomic E-state index is 0.243. The molecule has 0 spiro atoms. The summed E-state index contributed by atoms with van der Waals surface area (Å²) in [6, 6.07) is 0. The van der Waals surface area contributed by atoms with Crippen molar-refractivity contribution in [2.24, 2.45) is 0 Å². The van der Waals surface area contributed by atoms with E-state index in [2.05, 4.69) is 7.05 Å². The van der Waals surface area contributed by atoms with Crippen LogP contribution in [0.3, 0.4) is 0 Å². The van der Waals surface area contributed by atoms with E-state index in [9.17, 15) is 13.0 Å². The fourth-order valence-corrected chi connectivity index (χ4v) is 1.91. The van der Waals surface area contributed by atoms with Gasteiger partial charge >= 0.3 is 0 Å². The normalized spacial score (nSPS) is 18.5. The van der Waals surface area contributed by atoms with Crippen molar-refractivity contribution in [1.82, 2.24) is 0 Å². The maximum absolute atomic E-state index is 9.68. The van der Waals surface area contributed by atoms with Crippen LogP contribution >= 0.6 is 0 Å². The van der Waals surface area contributed by atoms with E-state index in [4.69, 9.17) is 0 Å². The van der Waals surface area contributed by atoms with Crippen LogP contribution in [0.25, 0.3) is 0 Å². The van der Waals surface area contributed by atoms with Crippen molar-refractivity contribution in [2.75, 3.05) is 25.9 Å². The van der Waals surface area contributed by atoms with Crippen LogP contribution < -0.4 is 4.90 Å². The van der Waals surface area contributed by atoms with E-state index >= 15 is 0 Å². The van der Waals surface area contributed by atoms with Gasteiger partial charge in [-0.25, -0.2) is 8.42 Å². The van der Waals surface area contributed by atoms with Gasteiger partial charge in [-0.1, -0.05) is 6.92 Å². The van der Waals surface area contributed by atoms with Gasteiger partial charge < -0.3 is 9.45 Å². The van der Waals surface area contributed by atoms with E-state index in [0.717, 1.165) is 0 Å². The predicted octanol–water partition coefficient (Wildman–Crippen LogP) is -0.373. The largest absolute Gasteiger partial charge is 0.748 e. The van der Waals surface area contributed by atoms with Crippen molar-refractivity contribution in [1.29, 1.82) is 0 Å². The Bertz CT molecular complexity index is 220. The highest BCUT2D eigenvalue weighted by molar-refractivity contribution is 7.85. The zero-order valence-electron chi connectivity index (χ0n) is 9.08. The fraction of sp³-hybridized carbons (Fsp3) is 1.00. The molecular weight excluding hydrogens is 202 g/mol. The highest BCUT2D eigenvalue weighted by Gasteiger charge is 2.05. The summed E-state index contributed by atoms with van der Waals surface area (Å²) in [6.07, 6.45) is 4.78. The molecule has 0 radical (unpaired) electrons. The monoisotopic (exact) mass is 223 g/mol. The third-order valence-electron chi connectivity index (χ3n) is 2.16. The fourth-order valence-electron chi connectivity index (χ4n) is 1.41. The minimum atomic E-state index is -3.92. The molecule has 0 atom stereocenters. The first-order chi connectivity index (χ1) is 6.45. The number of rotatable bonds is 2. The summed E-state index contributed by atoms with van der Waals surface area (Å²) in [4.78, 5) is 1.71. The Hall–Kier alpha value is -0.130. The Morgan fingerprint density at radius 1 is 1.21 bits per heavy atom. The van der Waals surface area contributed by atoms with Crippen LogP contribution in [-0.2, 0) is 10.1 Å². The Labute approximate surface area is 87.0 Å². The molecule has 0 aliphatic carbocycles. The molecular formula is C9H21NO3S. The van der Waals surface area contributed by atoms with Gasteiger partial charge in [0.15, 0.2) is 0 Å². The topological polar surface area (TPSA) is 61.6 Å². The SMILES string of the molecule is CCCS(=O)(=O)[O-].C[NH+]1CCCCC1. The number of piperidine rings is 1. The molecule has 4 nitrogen and oxygen atoms in total. The van der Waals surface area contributed by atoms with Gasteiger partial charge in [0.05, 0.1) is 30.3 Å². The molecule has 0 aromatic rings. The lowest BCUT2D eigenvalue weighted by Gasteiger charge is -2.17. The molecule has 86 valence electrons. The first-order valence-corrected chi connectivity index (χ1v) is 6.78. The molecule has 1 saturated heterocycles. The Morgan fingerprint density at radius 3 is 1.86 bits per heavy atom. The third kappa shape index (κ3) is 9.95. The Balaban J connectivity index is 0.000000241. The van der Waals surface area contributed by atoms with E-state index in [1.165, 1.54) is 32.4 Å². The Morgan fingerprint density at radius 2 is 1.71 bits per heavy atom. The average molecular weight is 223 g/mol. The van der Waals surface area contributed by atoms with Crippen LogP contribution in [0, 0.1) is 0 Å². The highest BCUT2D eigenvalue weighted by Crippen LogP contribution is 1.92. The molecule has 1 rings (SSSR count). The summed E-state index contributed by atoms with van der Waals surface area (Å²) < 4.78 is 29.0. The lowest BCUT2D eigenvalue weighted by molar-refractivity contribution is -0.884. The van der Waals surface area contributed by atoms with Crippen LogP contribution in [0.1, 0.15) is 32.6 Å². The second-order valence-corrected chi connectivity index (χ2v) is 5.30. The van der Waals surface area contributed by atoms with Gasteiger partial charge in [-0.05, 0) is 25.7 Å². The number of quaternary nitrogens is 1. The van der Waals surface area contributed by atoms with E-state index < -0.39 is 10.1 Å². The van der Waals surface area contributed by atoms with E-state index in [1.807, 2.05) is 0 Å². The summed E-state index contributed by atoms with van der Waals surface area (Å²) >= 11 is 0. The van der Waals surface area contributed by atoms with Crippen molar-refractivity contribution in [3.8, 4) is 0 Å². The zero-order valence-corrected chi connectivity index (χ0v) is 9.90. The molecule has 1 heterocycles. The molecule has 5 heteroatoms. The first kappa shape index (κ1) is 13.9. The highest BCUT2D eigenvalue weighted by atomic mass is 32.2. The molecule has 1 aliphatic heterocycles. The molecule has 0 unspecified atom stereocenters. The molecule has 0 amide bonds. The quantitative estimate of drug-likeness (QED) is 0.650. The van der Waals surface area contributed by atoms with Gasteiger partial charge in [0.25, 0.3) is 0 Å². The van der Waals surface area contributed by atoms with Crippen LogP contribution in [0.2, 0.25) is 0 Å². The molecule has 1 fully saturated rings. The van der Waals surface area contributed by atoms with Gasteiger partial charge in [0.2, 0.25) is 0 Å².